The van der Waals surface area contributed by atoms with E-state index in [0.29, 0.717) is 6.61 Å². The van der Waals surface area contributed by atoms with E-state index >= 15 is 0 Å². The molecule has 0 spiro atoms. The van der Waals surface area contributed by atoms with E-state index in [4.69, 9.17) is 14.2 Å². The van der Waals surface area contributed by atoms with Crippen LogP contribution in [0.1, 0.15) is 36.1 Å². The number of ether oxygens (including phenoxy) is 3. The molecule has 0 fully saturated rings. The topological polar surface area (TPSA) is 27.7 Å². The second-order valence-corrected chi connectivity index (χ2v) is 7.87. The van der Waals surface area contributed by atoms with Crippen molar-refractivity contribution in [2.45, 2.75) is 39.9 Å². The molecule has 0 saturated heterocycles. The lowest BCUT2D eigenvalue weighted by Crippen LogP contribution is -2.29. The van der Waals surface area contributed by atoms with Crippen molar-refractivity contribution in [3.8, 4) is 28.4 Å². The number of aryl methyl sites for hydroxylation is 2. The van der Waals surface area contributed by atoms with Gasteiger partial charge in [0.15, 0.2) is 0 Å². The number of methoxy groups -OCH3 is 1. The highest BCUT2D eigenvalue weighted by Crippen LogP contribution is 2.48. The highest BCUT2D eigenvalue weighted by atomic mass is 16.5. The molecular weight excluding hydrogens is 348 g/mol. The fourth-order valence-corrected chi connectivity index (χ4v) is 3.81. The van der Waals surface area contributed by atoms with E-state index in [1.165, 1.54) is 5.56 Å². The number of rotatable bonds is 4. The third-order valence-electron chi connectivity index (χ3n) is 5.35. The first-order valence-corrected chi connectivity index (χ1v) is 9.59. The van der Waals surface area contributed by atoms with E-state index in [1.807, 2.05) is 24.3 Å². The van der Waals surface area contributed by atoms with Crippen molar-refractivity contribution in [3.05, 3.63) is 76.9 Å². The molecule has 0 radical (unpaired) electrons. The maximum Gasteiger partial charge on any atom is 0.132 e. The third kappa shape index (κ3) is 3.22. The fraction of sp³-hybridized carbons (Fsp3) is 0.280. The smallest absolute Gasteiger partial charge is 0.132 e. The summed E-state index contributed by atoms with van der Waals surface area (Å²) in [5.74, 6) is 2.60. The monoisotopic (exact) mass is 374 g/mol. The van der Waals surface area contributed by atoms with E-state index in [0.717, 1.165) is 45.1 Å². The molecule has 0 saturated carbocycles. The van der Waals surface area contributed by atoms with Gasteiger partial charge in [-0.25, -0.2) is 0 Å². The molecule has 3 nitrogen and oxygen atoms in total. The van der Waals surface area contributed by atoms with Crippen molar-refractivity contribution >= 4 is 0 Å². The minimum Gasteiger partial charge on any atom is -0.496 e. The average molecular weight is 374 g/mol. The SMILES string of the molecule is COc1cc2c(cc1C)-c1cc(C)c(OCc3ccccc3)cc1OC2(C)C. The quantitative estimate of drug-likeness (QED) is 0.545. The van der Waals surface area contributed by atoms with Gasteiger partial charge in [-0.1, -0.05) is 30.3 Å². The van der Waals surface area contributed by atoms with Crippen LogP contribution in [0.25, 0.3) is 11.1 Å². The molecule has 1 heterocycles. The molecule has 0 atom stereocenters. The summed E-state index contributed by atoms with van der Waals surface area (Å²) >= 11 is 0. The summed E-state index contributed by atoms with van der Waals surface area (Å²) in [7, 11) is 1.71. The normalized spacial score (nSPS) is 13.9. The maximum atomic E-state index is 6.40. The van der Waals surface area contributed by atoms with Gasteiger partial charge in [-0.3, -0.25) is 0 Å². The predicted octanol–water partition coefficient (Wildman–Crippen LogP) is 6.19. The summed E-state index contributed by atoms with van der Waals surface area (Å²) in [6, 6.07) is 18.7. The van der Waals surface area contributed by atoms with Gasteiger partial charge in [-0.2, -0.15) is 0 Å². The van der Waals surface area contributed by atoms with Crippen LogP contribution in [0, 0.1) is 13.8 Å². The molecule has 3 aromatic carbocycles. The average Bonchev–Trinajstić information content (AvgIpc) is 2.67. The number of hydrogen-bond donors (Lipinski definition) is 0. The van der Waals surface area contributed by atoms with Crippen LogP contribution in [0.4, 0.5) is 0 Å². The van der Waals surface area contributed by atoms with Gasteiger partial charge >= 0.3 is 0 Å². The Kier molecular flexibility index (Phi) is 4.54. The Hall–Kier alpha value is -2.94. The van der Waals surface area contributed by atoms with E-state index in [-0.39, 0.29) is 0 Å². The Bertz CT molecular complexity index is 1020. The third-order valence-corrected chi connectivity index (χ3v) is 5.35. The molecule has 144 valence electrons. The molecule has 0 aliphatic carbocycles. The first-order valence-electron chi connectivity index (χ1n) is 9.59. The van der Waals surface area contributed by atoms with Gasteiger partial charge in [0, 0.05) is 17.2 Å². The van der Waals surface area contributed by atoms with Crippen molar-refractivity contribution < 1.29 is 14.2 Å². The Balaban J connectivity index is 1.75. The predicted molar refractivity (Wildman–Crippen MR) is 112 cm³/mol. The molecule has 0 amide bonds. The summed E-state index contributed by atoms with van der Waals surface area (Å²) in [5.41, 5.74) is 6.35. The highest BCUT2D eigenvalue weighted by Gasteiger charge is 2.34. The van der Waals surface area contributed by atoms with Crippen molar-refractivity contribution in [1.29, 1.82) is 0 Å². The summed E-state index contributed by atoms with van der Waals surface area (Å²) in [4.78, 5) is 0. The lowest BCUT2D eigenvalue weighted by Gasteiger charge is -2.36. The van der Waals surface area contributed by atoms with E-state index in [1.54, 1.807) is 7.11 Å². The van der Waals surface area contributed by atoms with Gasteiger partial charge in [0.2, 0.25) is 0 Å². The van der Waals surface area contributed by atoms with Crippen molar-refractivity contribution in [3.63, 3.8) is 0 Å². The Morgan fingerprint density at radius 3 is 2.25 bits per heavy atom. The number of benzene rings is 3. The van der Waals surface area contributed by atoms with Crippen LogP contribution in [0.5, 0.6) is 17.2 Å². The van der Waals surface area contributed by atoms with Gasteiger partial charge in [0.05, 0.1) is 7.11 Å². The van der Waals surface area contributed by atoms with E-state index in [2.05, 4.69) is 58.0 Å². The Labute approximate surface area is 166 Å². The second-order valence-electron chi connectivity index (χ2n) is 7.87. The summed E-state index contributed by atoms with van der Waals surface area (Å²) in [6.07, 6.45) is 0. The van der Waals surface area contributed by atoms with E-state index < -0.39 is 5.60 Å². The van der Waals surface area contributed by atoms with E-state index in [9.17, 15) is 0 Å². The second kappa shape index (κ2) is 6.90. The number of hydrogen-bond acceptors (Lipinski definition) is 3. The fourth-order valence-electron chi connectivity index (χ4n) is 3.81. The van der Waals surface area contributed by atoms with Gasteiger partial charge < -0.3 is 14.2 Å². The van der Waals surface area contributed by atoms with Gasteiger partial charge in [0.25, 0.3) is 0 Å². The van der Waals surface area contributed by atoms with Crippen molar-refractivity contribution in [1.82, 2.24) is 0 Å². The molecule has 3 heteroatoms. The molecule has 3 aromatic rings. The zero-order chi connectivity index (χ0) is 19.9. The summed E-state index contributed by atoms with van der Waals surface area (Å²) in [6.45, 7) is 8.88. The molecule has 0 unspecified atom stereocenters. The largest absolute Gasteiger partial charge is 0.496 e. The molecule has 4 rings (SSSR count). The molecule has 28 heavy (non-hydrogen) atoms. The van der Waals surface area contributed by atoms with Crippen molar-refractivity contribution in [2.75, 3.05) is 7.11 Å². The minimum absolute atomic E-state index is 0.449. The van der Waals surface area contributed by atoms with Crippen molar-refractivity contribution in [2.24, 2.45) is 0 Å². The maximum absolute atomic E-state index is 6.40. The van der Waals surface area contributed by atoms with Crippen LogP contribution in [0.15, 0.2) is 54.6 Å². The summed E-state index contributed by atoms with van der Waals surface area (Å²) in [5, 5.41) is 0. The molecule has 1 aliphatic rings. The first kappa shape index (κ1) is 18.4. The van der Waals surface area contributed by atoms with Crippen LogP contribution in [-0.2, 0) is 12.2 Å². The van der Waals surface area contributed by atoms with Gasteiger partial charge in [-0.15, -0.1) is 0 Å². The minimum atomic E-state index is -0.449. The summed E-state index contributed by atoms with van der Waals surface area (Å²) < 4.78 is 18.0. The van der Waals surface area contributed by atoms with Crippen LogP contribution in [0.2, 0.25) is 0 Å². The zero-order valence-electron chi connectivity index (χ0n) is 17.1. The molecule has 0 aromatic heterocycles. The van der Waals surface area contributed by atoms with Gasteiger partial charge in [0.1, 0.15) is 29.5 Å². The lowest BCUT2D eigenvalue weighted by molar-refractivity contribution is 0.105. The van der Waals surface area contributed by atoms with Crippen LogP contribution in [-0.4, -0.2) is 7.11 Å². The Morgan fingerprint density at radius 1 is 0.857 bits per heavy atom. The van der Waals surface area contributed by atoms with Crippen LogP contribution in [0.3, 0.4) is 0 Å². The van der Waals surface area contributed by atoms with Gasteiger partial charge in [-0.05, 0) is 68.1 Å². The Morgan fingerprint density at radius 2 is 1.54 bits per heavy atom. The number of fused-ring (bicyclic) bond motifs is 3. The molecule has 1 aliphatic heterocycles. The first-order chi connectivity index (χ1) is 13.4. The zero-order valence-corrected chi connectivity index (χ0v) is 17.1. The standard InChI is InChI=1S/C25H26O3/c1-16-11-19-20-12-17(2)23(27-15-18-9-7-6-8-10-18)14-24(20)28-25(3,4)21(19)13-22(16)26-5/h6-14H,15H2,1-5H3. The van der Waals surface area contributed by atoms with Crippen LogP contribution < -0.4 is 14.2 Å². The molecular formula is C25H26O3. The van der Waals surface area contributed by atoms with Crippen LogP contribution >= 0.6 is 0 Å². The highest BCUT2D eigenvalue weighted by molar-refractivity contribution is 5.79. The molecule has 0 N–H and O–H groups in total. The molecule has 0 bridgehead atoms. The lowest BCUT2D eigenvalue weighted by atomic mass is 9.84.